The van der Waals surface area contributed by atoms with Gasteiger partial charge in [0.25, 0.3) is 0 Å². The number of hydrogen-bond acceptors (Lipinski definition) is 2. The SMILES string of the molecule is CC(F)S(=O)(=O)F. The molecule has 0 bridgehead atoms. The minimum atomic E-state index is -4.91. The molecule has 0 aliphatic rings. The van der Waals surface area contributed by atoms with E-state index in [0.29, 0.717) is 6.92 Å². The van der Waals surface area contributed by atoms with Crippen LogP contribution in [0.1, 0.15) is 6.92 Å². The second-order valence-corrected chi connectivity index (χ2v) is 2.62. The first-order valence-electron chi connectivity index (χ1n) is 1.52. The van der Waals surface area contributed by atoms with Gasteiger partial charge in [-0.2, -0.15) is 8.42 Å². The molecule has 0 amide bonds. The molecule has 1 unspecified atom stereocenters. The quantitative estimate of drug-likeness (QED) is 0.487. The first kappa shape index (κ1) is 6.81. The molecule has 0 rings (SSSR count). The Kier molecular flexibility index (Phi) is 1.68. The van der Waals surface area contributed by atoms with Gasteiger partial charge in [-0.15, -0.1) is 3.89 Å². The summed E-state index contributed by atoms with van der Waals surface area (Å²) in [7, 11) is -4.91. The Labute approximate surface area is 40.4 Å². The summed E-state index contributed by atoms with van der Waals surface area (Å²) < 4.78 is 40.9. The average molecular weight is 130 g/mol. The Hall–Kier alpha value is -0.190. The van der Waals surface area contributed by atoms with Gasteiger partial charge in [-0.3, -0.25) is 0 Å². The van der Waals surface area contributed by atoms with Crippen LogP contribution in [0.25, 0.3) is 0 Å². The van der Waals surface area contributed by atoms with E-state index < -0.39 is 15.7 Å². The van der Waals surface area contributed by atoms with Crippen LogP contribution >= 0.6 is 0 Å². The van der Waals surface area contributed by atoms with Crippen molar-refractivity contribution in [3.8, 4) is 0 Å². The van der Waals surface area contributed by atoms with Gasteiger partial charge >= 0.3 is 10.2 Å². The number of hydrogen-bond donors (Lipinski definition) is 0. The van der Waals surface area contributed by atoms with Crippen molar-refractivity contribution in [3.63, 3.8) is 0 Å². The molecule has 44 valence electrons. The highest BCUT2D eigenvalue weighted by Crippen LogP contribution is 2.01. The number of rotatable bonds is 1. The van der Waals surface area contributed by atoms with E-state index in [9.17, 15) is 16.7 Å². The molecule has 0 saturated heterocycles. The summed E-state index contributed by atoms with van der Waals surface area (Å²) in [4.78, 5) is 0. The predicted molar refractivity (Wildman–Crippen MR) is 20.6 cm³/mol. The van der Waals surface area contributed by atoms with E-state index in [1.807, 2.05) is 0 Å². The lowest BCUT2D eigenvalue weighted by atomic mass is 10.9. The summed E-state index contributed by atoms with van der Waals surface area (Å²) in [6.07, 6.45) is 0. The third kappa shape index (κ3) is 2.50. The number of alkyl halides is 1. The molecular weight excluding hydrogens is 126 g/mol. The highest BCUT2D eigenvalue weighted by molar-refractivity contribution is 7.86. The molecule has 2 nitrogen and oxygen atoms in total. The van der Waals surface area contributed by atoms with E-state index >= 15 is 0 Å². The lowest BCUT2D eigenvalue weighted by Crippen LogP contribution is -2.03. The van der Waals surface area contributed by atoms with E-state index in [0.717, 1.165) is 0 Å². The van der Waals surface area contributed by atoms with Crippen LogP contribution in [0.3, 0.4) is 0 Å². The fourth-order valence-corrected chi connectivity index (χ4v) is 0. The van der Waals surface area contributed by atoms with E-state index in [1.165, 1.54) is 0 Å². The van der Waals surface area contributed by atoms with E-state index in [-0.39, 0.29) is 0 Å². The molecule has 0 radical (unpaired) electrons. The Morgan fingerprint density at radius 1 is 1.57 bits per heavy atom. The minimum Gasteiger partial charge on any atom is -0.227 e. The Morgan fingerprint density at radius 3 is 1.71 bits per heavy atom. The van der Waals surface area contributed by atoms with Crippen molar-refractivity contribution in [1.29, 1.82) is 0 Å². The topological polar surface area (TPSA) is 34.1 Å². The van der Waals surface area contributed by atoms with Gasteiger partial charge in [0.2, 0.25) is 5.50 Å². The van der Waals surface area contributed by atoms with Crippen molar-refractivity contribution in [2.75, 3.05) is 0 Å². The molecule has 5 heteroatoms. The summed E-state index contributed by atoms with van der Waals surface area (Å²) in [5, 5.41) is 0. The van der Waals surface area contributed by atoms with E-state index in [1.54, 1.807) is 0 Å². The molecule has 0 aliphatic carbocycles. The minimum absolute atomic E-state index is 0.620. The summed E-state index contributed by atoms with van der Waals surface area (Å²) in [5.74, 6) is 0. The molecule has 1 atom stereocenters. The van der Waals surface area contributed by atoms with Crippen LogP contribution in [0, 0.1) is 0 Å². The second kappa shape index (κ2) is 1.73. The monoisotopic (exact) mass is 130 g/mol. The molecule has 0 heterocycles. The highest BCUT2D eigenvalue weighted by atomic mass is 32.3. The van der Waals surface area contributed by atoms with Crippen molar-refractivity contribution in [2.45, 2.75) is 12.4 Å². The standard InChI is InChI=1S/C2H4F2O2S/c1-2(3)7(4,5)6/h2H,1H3. The highest BCUT2D eigenvalue weighted by Gasteiger charge is 2.16. The van der Waals surface area contributed by atoms with Gasteiger partial charge in [-0.05, 0) is 6.92 Å². The van der Waals surface area contributed by atoms with Crippen LogP contribution in [0.15, 0.2) is 0 Å². The molecule has 0 aliphatic heterocycles. The van der Waals surface area contributed by atoms with Gasteiger partial charge in [0, 0.05) is 0 Å². The first-order valence-corrected chi connectivity index (χ1v) is 2.97. The molecule has 0 aromatic carbocycles. The Morgan fingerprint density at radius 2 is 1.71 bits per heavy atom. The number of halogens is 2. The van der Waals surface area contributed by atoms with Crippen molar-refractivity contribution in [2.24, 2.45) is 0 Å². The summed E-state index contributed by atoms with van der Waals surface area (Å²) >= 11 is 0. The Bertz CT molecular complexity index is 136. The van der Waals surface area contributed by atoms with Gasteiger partial charge < -0.3 is 0 Å². The third-order valence-electron chi connectivity index (χ3n) is 0.388. The molecule has 0 saturated carbocycles. The van der Waals surface area contributed by atoms with Crippen LogP contribution in [-0.2, 0) is 10.2 Å². The van der Waals surface area contributed by atoms with Gasteiger partial charge in [0.05, 0.1) is 0 Å². The smallest absolute Gasteiger partial charge is 0.227 e. The van der Waals surface area contributed by atoms with Crippen LogP contribution in [0.5, 0.6) is 0 Å². The van der Waals surface area contributed by atoms with E-state index in [4.69, 9.17) is 0 Å². The van der Waals surface area contributed by atoms with Crippen LogP contribution < -0.4 is 0 Å². The zero-order chi connectivity index (χ0) is 6.08. The zero-order valence-corrected chi connectivity index (χ0v) is 4.37. The summed E-state index contributed by atoms with van der Waals surface area (Å²) in [6.45, 7) is 0.620. The molecule has 7 heavy (non-hydrogen) atoms. The Balaban J connectivity index is 4.10. The maximum absolute atomic E-state index is 11.2. The normalized spacial score (nSPS) is 16.4. The molecule has 0 aromatic rings. The largest absolute Gasteiger partial charge is 0.334 e. The van der Waals surface area contributed by atoms with Crippen LogP contribution in [-0.4, -0.2) is 13.9 Å². The van der Waals surface area contributed by atoms with Gasteiger partial charge in [-0.1, -0.05) is 0 Å². The molecular formula is C2H4F2O2S. The molecule has 0 N–H and O–H groups in total. The van der Waals surface area contributed by atoms with Gasteiger partial charge in [0.1, 0.15) is 0 Å². The van der Waals surface area contributed by atoms with Gasteiger partial charge in [0.15, 0.2) is 0 Å². The maximum Gasteiger partial charge on any atom is 0.334 e. The summed E-state index contributed by atoms with van der Waals surface area (Å²) in [6, 6.07) is 0. The fraction of sp³-hybridized carbons (Fsp3) is 1.00. The predicted octanol–water partition coefficient (Wildman–Crippen LogP) is 0.601. The second-order valence-electron chi connectivity index (χ2n) is 1.02. The average Bonchev–Trinajstić information content (AvgIpc) is 1.31. The lowest BCUT2D eigenvalue weighted by molar-refractivity contribution is 0.422. The van der Waals surface area contributed by atoms with E-state index in [2.05, 4.69) is 0 Å². The van der Waals surface area contributed by atoms with Crippen molar-refractivity contribution in [3.05, 3.63) is 0 Å². The maximum atomic E-state index is 11.2. The van der Waals surface area contributed by atoms with Crippen LogP contribution in [0.4, 0.5) is 8.28 Å². The lowest BCUT2D eigenvalue weighted by Gasteiger charge is -1.87. The first-order chi connectivity index (χ1) is 2.94. The van der Waals surface area contributed by atoms with Crippen molar-refractivity contribution >= 4 is 10.2 Å². The third-order valence-corrected chi connectivity index (χ3v) is 1.16. The summed E-state index contributed by atoms with van der Waals surface area (Å²) in [5.41, 5.74) is -2.40. The van der Waals surface area contributed by atoms with Crippen molar-refractivity contribution < 1.29 is 16.7 Å². The zero-order valence-electron chi connectivity index (χ0n) is 3.56. The molecule has 0 aromatic heterocycles. The fourth-order valence-electron chi connectivity index (χ4n) is 0. The molecule has 0 spiro atoms. The van der Waals surface area contributed by atoms with Gasteiger partial charge in [-0.25, -0.2) is 4.39 Å². The van der Waals surface area contributed by atoms with Crippen LogP contribution in [0.2, 0.25) is 0 Å². The molecule has 0 fully saturated rings. The van der Waals surface area contributed by atoms with Crippen molar-refractivity contribution in [1.82, 2.24) is 0 Å².